The van der Waals surface area contributed by atoms with Crippen LogP contribution in [-0.2, 0) is 12.8 Å². The highest BCUT2D eigenvalue weighted by Gasteiger charge is 2.33. The van der Waals surface area contributed by atoms with Gasteiger partial charge in [-0.25, -0.2) is 9.37 Å². The van der Waals surface area contributed by atoms with Crippen LogP contribution in [0.3, 0.4) is 0 Å². The zero-order chi connectivity index (χ0) is 17.8. The van der Waals surface area contributed by atoms with Gasteiger partial charge >= 0.3 is 0 Å². The zero-order valence-corrected chi connectivity index (χ0v) is 14.8. The van der Waals surface area contributed by atoms with Crippen LogP contribution in [0, 0.1) is 11.2 Å². The Morgan fingerprint density at radius 1 is 0.923 bits per heavy atom. The van der Waals surface area contributed by atoms with Crippen molar-refractivity contribution in [3.63, 3.8) is 0 Å². The van der Waals surface area contributed by atoms with E-state index in [1.54, 1.807) is 12.1 Å². The van der Waals surface area contributed by atoms with Crippen molar-refractivity contribution < 1.29 is 4.39 Å². The Hall–Kier alpha value is -2.46. The van der Waals surface area contributed by atoms with Gasteiger partial charge in [0.2, 0.25) is 0 Å². The van der Waals surface area contributed by atoms with Crippen molar-refractivity contribution in [3.05, 3.63) is 77.9 Å². The molecule has 2 aromatic carbocycles. The molecule has 1 aliphatic rings. The lowest BCUT2D eigenvalue weighted by atomic mass is 9.71. The average molecular weight is 349 g/mol. The van der Waals surface area contributed by atoms with Crippen LogP contribution in [0.25, 0.3) is 11.4 Å². The fourth-order valence-corrected chi connectivity index (χ4v) is 4.01. The first-order valence-electron chi connectivity index (χ1n) is 9.27. The molecule has 1 aromatic heterocycles. The van der Waals surface area contributed by atoms with Crippen LogP contribution in [0.15, 0.2) is 60.8 Å². The maximum Gasteiger partial charge on any atom is 0.137 e. The number of H-pyrrole nitrogens is 1. The standard InChI is InChI=1S/C22H24FN3/c23-19-8-6-18(7-9-19)21-25-16-20(26-21)15-22(10-12-24-13-11-22)14-17-4-2-1-3-5-17/h1-9,16,24H,10-15H2,(H,25,26). The van der Waals surface area contributed by atoms with Crippen molar-refractivity contribution in [1.82, 2.24) is 15.3 Å². The summed E-state index contributed by atoms with van der Waals surface area (Å²) in [5.74, 6) is 0.584. The number of nitrogens with zero attached hydrogens (tertiary/aromatic N) is 1. The molecule has 3 nitrogen and oxygen atoms in total. The van der Waals surface area contributed by atoms with Gasteiger partial charge in [-0.1, -0.05) is 30.3 Å². The fourth-order valence-electron chi connectivity index (χ4n) is 4.01. The van der Waals surface area contributed by atoms with Gasteiger partial charge < -0.3 is 10.3 Å². The van der Waals surface area contributed by atoms with E-state index in [1.807, 2.05) is 6.20 Å². The number of aromatic nitrogens is 2. The quantitative estimate of drug-likeness (QED) is 0.718. The smallest absolute Gasteiger partial charge is 0.137 e. The van der Waals surface area contributed by atoms with Gasteiger partial charge in [-0.15, -0.1) is 0 Å². The molecule has 2 N–H and O–H groups in total. The summed E-state index contributed by atoms with van der Waals surface area (Å²) < 4.78 is 13.1. The Balaban J connectivity index is 1.55. The highest BCUT2D eigenvalue weighted by atomic mass is 19.1. The van der Waals surface area contributed by atoms with Crippen LogP contribution in [0.5, 0.6) is 0 Å². The molecule has 0 radical (unpaired) electrons. The van der Waals surface area contributed by atoms with Gasteiger partial charge in [0.25, 0.3) is 0 Å². The second-order valence-corrected chi connectivity index (χ2v) is 7.35. The van der Waals surface area contributed by atoms with E-state index in [4.69, 9.17) is 0 Å². The predicted octanol–water partition coefficient (Wildman–Crippen LogP) is 4.37. The van der Waals surface area contributed by atoms with Crippen LogP contribution in [0.2, 0.25) is 0 Å². The summed E-state index contributed by atoms with van der Waals surface area (Å²) in [7, 11) is 0. The Kier molecular flexibility index (Phi) is 4.85. The van der Waals surface area contributed by atoms with Crippen molar-refractivity contribution in [2.45, 2.75) is 25.7 Å². The van der Waals surface area contributed by atoms with Gasteiger partial charge in [0, 0.05) is 17.5 Å². The summed E-state index contributed by atoms with van der Waals surface area (Å²) in [6.45, 7) is 2.12. The Labute approximate surface area is 153 Å². The van der Waals surface area contributed by atoms with Crippen molar-refractivity contribution >= 4 is 0 Å². The van der Waals surface area contributed by atoms with E-state index >= 15 is 0 Å². The average Bonchev–Trinajstić information content (AvgIpc) is 3.12. The van der Waals surface area contributed by atoms with Crippen LogP contribution < -0.4 is 5.32 Å². The third kappa shape index (κ3) is 3.86. The third-order valence-electron chi connectivity index (χ3n) is 5.40. The molecular weight excluding hydrogens is 325 g/mol. The molecule has 0 amide bonds. The van der Waals surface area contributed by atoms with Crippen molar-refractivity contribution in [2.75, 3.05) is 13.1 Å². The maximum absolute atomic E-state index is 13.1. The van der Waals surface area contributed by atoms with Gasteiger partial charge in [-0.2, -0.15) is 0 Å². The summed E-state index contributed by atoms with van der Waals surface area (Å²) in [4.78, 5) is 7.98. The number of nitrogens with one attached hydrogen (secondary N) is 2. The van der Waals surface area contributed by atoms with Gasteiger partial charge in [-0.05, 0) is 74.0 Å². The van der Waals surface area contributed by atoms with E-state index in [1.165, 1.54) is 17.7 Å². The number of hydrogen-bond acceptors (Lipinski definition) is 2. The van der Waals surface area contributed by atoms with Crippen LogP contribution in [-0.4, -0.2) is 23.1 Å². The molecule has 26 heavy (non-hydrogen) atoms. The number of benzene rings is 2. The number of halogens is 1. The molecule has 0 atom stereocenters. The zero-order valence-electron chi connectivity index (χ0n) is 14.8. The van der Waals surface area contributed by atoms with E-state index < -0.39 is 0 Å². The lowest BCUT2D eigenvalue weighted by Crippen LogP contribution is -2.39. The lowest BCUT2D eigenvalue weighted by Gasteiger charge is -2.37. The molecule has 0 aliphatic carbocycles. The molecule has 1 saturated heterocycles. The Bertz CT molecular complexity index is 833. The SMILES string of the molecule is Fc1ccc(-c2ncc(CC3(Cc4ccccc4)CCNCC3)[nH]2)cc1. The van der Waals surface area contributed by atoms with Crippen LogP contribution in [0.4, 0.5) is 4.39 Å². The summed E-state index contributed by atoms with van der Waals surface area (Å²) in [6.07, 6.45) is 6.32. The van der Waals surface area contributed by atoms with Crippen molar-refractivity contribution in [1.29, 1.82) is 0 Å². The normalized spacial score (nSPS) is 16.5. The molecule has 1 fully saturated rings. The molecule has 3 aromatic rings. The molecule has 0 bridgehead atoms. The minimum absolute atomic E-state index is 0.225. The predicted molar refractivity (Wildman–Crippen MR) is 102 cm³/mol. The number of rotatable bonds is 5. The minimum atomic E-state index is -0.225. The fraction of sp³-hybridized carbons (Fsp3) is 0.318. The molecule has 4 rings (SSSR count). The second kappa shape index (κ2) is 7.42. The molecule has 134 valence electrons. The second-order valence-electron chi connectivity index (χ2n) is 7.35. The van der Waals surface area contributed by atoms with Gasteiger partial charge in [0.05, 0.1) is 0 Å². The maximum atomic E-state index is 13.1. The summed E-state index contributed by atoms with van der Waals surface area (Å²) in [5, 5.41) is 3.49. The van der Waals surface area contributed by atoms with Gasteiger partial charge in [0.1, 0.15) is 11.6 Å². The minimum Gasteiger partial charge on any atom is -0.342 e. The molecule has 0 saturated carbocycles. The monoisotopic (exact) mass is 349 g/mol. The topological polar surface area (TPSA) is 40.7 Å². The van der Waals surface area contributed by atoms with Gasteiger partial charge in [-0.3, -0.25) is 0 Å². The number of imidazole rings is 1. The van der Waals surface area contributed by atoms with Crippen LogP contribution in [0.1, 0.15) is 24.1 Å². The summed E-state index contributed by atoms with van der Waals surface area (Å²) in [5.41, 5.74) is 3.72. The number of hydrogen-bond donors (Lipinski definition) is 2. The Morgan fingerprint density at radius 3 is 2.38 bits per heavy atom. The van der Waals surface area contributed by atoms with Crippen LogP contribution >= 0.6 is 0 Å². The van der Waals surface area contributed by atoms with E-state index in [2.05, 4.69) is 45.6 Å². The number of aromatic amines is 1. The van der Waals surface area contributed by atoms with Gasteiger partial charge in [0.15, 0.2) is 0 Å². The molecule has 0 unspecified atom stereocenters. The summed E-state index contributed by atoms with van der Waals surface area (Å²) >= 11 is 0. The van der Waals surface area contributed by atoms with E-state index in [0.717, 1.165) is 55.9 Å². The largest absolute Gasteiger partial charge is 0.342 e. The van der Waals surface area contributed by atoms with E-state index in [-0.39, 0.29) is 11.2 Å². The molecule has 2 heterocycles. The third-order valence-corrected chi connectivity index (χ3v) is 5.40. The van der Waals surface area contributed by atoms with E-state index in [9.17, 15) is 4.39 Å². The first-order chi connectivity index (χ1) is 12.7. The van der Waals surface area contributed by atoms with E-state index in [0.29, 0.717) is 0 Å². The molecule has 1 aliphatic heterocycles. The highest BCUT2D eigenvalue weighted by Crippen LogP contribution is 2.36. The highest BCUT2D eigenvalue weighted by molar-refractivity contribution is 5.54. The summed E-state index contributed by atoms with van der Waals surface area (Å²) in [6, 6.07) is 17.2. The first kappa shape index (κ1) is 17.0. The Morgan fingerprint density at radius 2 is 1.65 bits per heavy atom. The van der Waals surface area contributed by atoms with Crippen molar-refractivity contribution in [2.24, 2.45) is 5.41 Å². The first-order valence-corrected chi connectivity index (χ1v) is 9.27. The van der Waals surface area contributed by atoms with Crippen molar-refractivity contribution in [3.8, 4) is 11.4 Å². The number of piperidine rings is 1. The molecular formula is C22H24FN3. The molecule has 0 spiro atoms. The lowest BCUT2D eigenvalue weighted by molar-refractivity contribution is 0.197. The molecule has 4 heteroatoms.